The van der Waals surface area contributed by atoms with Gasteiger partial charge in [0.25, 0.3) is 5.91 Å². The number of fused-ring (bicyclic) bond motifs is 1. The molecular weight excluding hydrogens is 212 g/mol. The summed E-state index contributed by atoms with van der Waals surface area (Å²) in [5.41, 5.74) is 8.62. The number of rotatable bonds is 1. The van der Waals surface area contributed by atoms with Crippen LogP contribution in [0.1, 0.15) is 54.1 Å². The summed E-state index contributed by atoms with van der Waals surface area (Å²) in [5.74, 6) is 0.613. The minimum absolute atomic E-state index is 0.0443. The van der Waals surface area contributed by atoms with Crippen molar-refractivity contribution in [3.05, 3.63) is 29.3 Å². The molecule has 0 aromatic heterocycles. The van der Waals surface area contributed by atoms with Crippen molar-refractivity contribution in [2.45, 2.75) is 38.1 Å². The van der Waals surface area contributed by atoms with E-state index in [-0.39, 0.29) is 11.9 Å². The highest BCUT2D eigenvalue weighted by Crippen LogP contribution is 2.41. The fourth-order valence-electron chi connectivity index (χ4n) is 3.24. The van der Waals surface area contributed by atoms with E-state index < -0.39 is 0 Å². The molecule has 3 N–H and O–H groups in total. The van der Waals surface area contributed by atoms with Crippen molar-refractivity contribution < 1.29 is 4.79 Å². The number of hydrogen-bond donors (Lipinski definition) is 2. The van der Waals surface area contributed by atoms with Crippen LogP contribution >= 0.6 is 0 Å². The number of carbonyl (C=O) groups is 1. The van der Waals surface area contributed by atoms with Gasteiger partial charge in [-0.25, -0.2) is 0 Å². The first kappa shape index (κ1) is 10.6. The van der Waals surface area contributed by atoms with Crippen molar-refractivity contribution in [1.29, 1.82) is 0 Å². The second-order valence-corrected chi connectivity index (χ2v) is 5.16. The van der Waals surface area contributed by atoms with Crippen LogP contribution in [0.5, 0.6) is 0 Å². The van der Waals surface area contributed by atoms with Crippen LogP contribution in [0.15, 0.2) is 18.2 Å². The first-order valence-corrected chi connectivity index (χ1v) is 6.46. The highest BCUT2D eigenvalue weighted by Gasteiger charge is 2.35. The molecule has 1 aliphatic carbocycles. The molecule has 1 amide bonds. The average Bonchev–Trinajstić information content (AvgIpc) is 2.70. The molecule has 0 saturated heterocycles. The Morgan fingerprint density at radius 2 is 1.94 bits per heavy atom. The van der Waals surface area contributed by atoms with Crippen LogP contribution in [-0.4, -0.2) is 5.91 Å². The highest BCUT2D eigenvalue weighted by atomic mass is 16.2. The minimum Gasteiger partial charge on any atom is -0.398 e. The molecule has 1 aromatic carbocycles. The van der Waals surface area contributed by atoms with Crippen LogP contribution in [0, 0.1) is 5.92 Å². The van der Waals surface area contributed by atoms with Gasteiger partial charge in [0.2, 0.25) is 0 Å². The van der Waals surface area contributed by atoms with Crippen LogP contribution in [0.25, 0.3) is 0 Å². The maximum Gasteiger partial charge on any atom is 0.252 e. The van der Waals surface area contributed by atoms with Crippen LogP contribution in [0.3, 0.4) is 0 Å². The Morgan fingerprint density at radius 3 is 2.71 bits per heavy atom. The molecular formula is C14H18N2O. The number of anilines is 1. The topological polar surface area (TPSA) is 55.1 Å². The molecule has 3 rings (SSSR count). The lowest BCUT2D eigenvalue weighted by Gasteiger charge is -2.28. The third-order valence-corrected chi connectivity index (χ3v) is 4.10. The molecule has 0 radical (unpaired) electrons. The van der Waals surface area contributed by atoms with Crippen molar-refractivity contribution in [1.82, 2.24) is 5.32 Å². The van der Waals surface area contributed by atoms with E-state index in [1.54, 1.807) is 0 Å². The zero-order valence-corrected chi connectivity index (χ0v) is 9.91. The molecule has 3 heteroatoms. The summed E-state index contributed by atoms with van der Waals surface area (Å²) in [7, 11) is 0. The van der Waals surface area contributed by atoms with Crippen LogP contribution in [0.2, 0.25) is 0 Å². The highest BCUT2D eigenvalue weighted by molar-refractivity contribution is 6.00. The number of hydrogen-bond acceptors (Lipinski definition) is 2. The first-order valence-electron chi connectivity index (χ1n) is 6.46. The smallest absolute Gasteiger partial charge is 0.252 e. The molecule has 1 aliphatic heterocycles. The van der Waals surface area contributed by atoms with Gasteiger partial charge in [-0.2, -0.15) is 0 Å². The normalized spacial score (nSPS) is 24.5. The van der Waals surface area contributed by atoms with E-state index in [1.807, 2.05) is 18.2 Å². The van der Waals surface area contributed by atoms with Gasteiger partial charge in [-0.1, -0.05) is 25.3 Å². The number of carbonyl (C=O) groups excluding carboxylic acids is 1. The van der Waals surface area contributed by atoms with Crippen molar-refractivity contribution >= 4 is 11.6 Å². The average molecular weight is 230 g/mol. The summed E-state index contributed by atoms with van der Waals surface area (Å²) in [6.07, 6.45) is 6.30. The molecule has 0 bridgehead atoms. The number of benzene rings is 1. The van der Waals surface area contributed by atoms with Gasteiger partial charge >= 0.3 is 0 Å². The largest absolute Gasteiger partial charge is 0.398 e. The first-order chi connectivity index (χ1) is 8.27. The summed E-state index contributed by atoms with van der Waals surface area (Å²) >= 11 is 0. The summed E-state index contributed by atoms with van der Waals surface area (Å²) in [5, 5.41) is 3.11. The fourth-order valence-corrected chi connectivity index (χ4v) is 3.24. The molecule has 1 fully saturated rings. The summed E-state index contributed by atoms with van der Waals surface area (Å²) in [4.78, 5) is 11.9. The minimum atomic E-state index is 0.0443. The Balaban J connectivity index is 1.97. The molecule has 90 valence electrons. The Labute approximate surface area is 101 Å². The van der Waals surface area contributed by atoms with Gasteiger partial charge in [0, 0.05) is 16.8 Å². The van der Waals surface area contributed by atoms with Crippen molar-refractivity contribution in [2.75, 3.05) is 5.73 Å². The zero-order valence-electron chi connectivity index (χ0n) is 9.91. The second-order valence-electron chi connectivity index (χ2n) is 5.16. The maximum atomic E-state index is 11.9. The molecule has 3 nitrogen and oxygen atoms in total. The molecule has 1 unspecified atom stereocenters. The van der Waals surface area contributed by atoms with E-state index >= 15 is 0 Å². The van der Waals surface area contributed by atoms with E-state index in [0.717, 1.165) is 16.8 Å². The van der Waals surface area contributed by atoms with Gasteiger partial charge in [0.1, 0.15) is 0 Å². The SMILES string of the molecule is Nc1cccc2c1C(C1CCCCC1)NC2=O. The second kappa shape index (κ2) is 4.06. The van der Waals surface area contributed by atoms with E-state index in [2.05, 4.69) is 5.32 Å². The van der Waals surface area contributed by atoms with Crippen LogP contribution in [0.4, 0.5) is 5.69 Å². The lowest BCUT2D eigenvalue weighted by molar-refractivity contribution is 0.0940. The molecule has 1 aromatic rings. The summed E-state index contributed by atoms with van der Waals surface area (Å²) in [6.45, 7) is 0. The van der Waals surface area contributed by atoms with Gasteiger partial charge < -0.3 is 11.1 Å². The molecule has 2 aliphatic rings. The third kappa shape index (κ3) is 1.70. The van der Waals surface area contributed by atoms with Crippen molar-refractivity contribution in [3.63, 3.8) is 0 Å². The zero-order chi connectivity index (χ0) is 11.8. The molecule has 1 heterocycles. The van der Waals surface area contributed by atoms with E-state index in [9.17, 15) is 4.79 Å². The Hall–Kier alpha value is -1.51. The van der Waals surface area contributed by atoms with Crippen molar-refractivity contribution in [3.8, 4) is 0 Å². The van der Waals surface area contributed by atoms with Gasteiger partial charge in [-0.05, 0) is 30.9 Å². The predicted molar refractivity (Wildman–Crippen MR) is 67.6 cm³/mol. The number of nitrogens with one attached hydrogen (secondary N) is 1. The lowest BCUT2D eigenvalue weighted by atomic mass is 9.81. The fraction of sp³-hybridized carbons (Fsp3) is 0.500. The third-order valence-electron chi connectivity index (χ3n) is 4.10. The summed E-state index contributed by atoms with van der Waals surface area (Å²) in [6, 6.07) is 5.79. The Morgan fingerprint density at radius 1 is 1.18 bits per heavy atom. The number of nitrogen functional groups attached to an aromatic ring is 1. The molecule has 1 saturated carbocycles. The maximum absolute atomic E-state index is 11.9. The summed E-state index contributed by atoms with van der Waals surface area (Å²) < 4.78 is 0. The van der Waals surface area contributed by atoms with Crippen LogP contribution in [-0.2, 0) is 0 Å². The standard InChI is InChI=1S/C14H18N2O/c15-11-8-4-7-10-12(11)13(16-14(10)17)9-5-2-1-3-6-9/h4,7-9,13H,1-3,5-6,15H2,(H,16,17). The molecule has 17 heavy (non-hydrogen) atoms. The van der Waals surface area contributed by atoms with Gasteiger partial charge in [-0.15, -0.1) is 0 Å². The quantitative estimate of drug-likeness (QED) is 0.729. The van der Waals surface area contributed by atoms with E-state index in [0.29, 0.717) is 5.92 Å². The predicted octanol–water partition coefficient (Wildman–Crippen LogP) is 2.63. The van der Waals surface area contributed by atoms with E-state index in [1.165, 1.54) is 32.1 Å². The Bertz CT molecular complexity index is 450. The van der Waals surface area contributed by atoms with E-state index in [4.69, 9.17) is 5.73 Å². The van der Waals surface area contributed by atoms with Gasteiger partial charge in [0.05, 0.1) is 6.04 Å². The molecule has 0 spiro atoms. The number of nitrogens with two attached hydrogens (primary N) is 1. The monoisotopic (exact) mass is 230 g/mol. The lowest BCUT2D eigenvalue weighted by Crippen LogP contribution is -2.27. The van der Waals surface area contributed by atoms with Gasteiger partial charge in [0.15, 0.2) is 0 Å². The van der Waals surface area contributed by atoms with Crippen molar-refractivity contribution in [2.24, 2.45) is 5.92 Å². The van der Waals surface area contributed by atoms with Gasteiger partial charge in [-0.3, -0.25) is 4.79 Å². The van der Waals surface area contributed by atoms with Crippen LogP contribution < -0.4 is 11.1 Å². The molecule has 1 atom stereocenters. The number of amides is 1. The Kier molecular flexibility index (Phi) is 2.54.